The van der Waals surface area contributed by atoms with E-state index >= 15 is 0 Å². The molecule has 2 rings (SSSR count). The fourth-order valence-electron chi connectivity index (χ4n) is 2.21. The van der Waals surface area contributed by atoms with Gasteiger partial charge in [0.1, 0.15) is 5.65 Å². The highest BCUT2D eigenvalue weighted by atomic mass is 16.4. The van der Waals surface area contributed by atoms with Gasteiger partial charge in [-0.15, -0.1) is 0 Å². The average molecular weight is 232 g/mol. The van der Waals surface area contributed by atoms with Gasteiger partial charge in [-0.3, -0.25) is 4.40 Å². The number of aromatic carboxylic acids is 1. The zero-order chi connectivity index (χ0) is 12.6. The van der Waals surface area contributed by atoms with E-state index in [1.165, 1.54) is 0 Å². The molecule has 0 aromatic carbocycles. The van der Waals surface area contributed by atoms with Crippen molar-refractivity contribution in [3.05, 3.63) is 34.8 Å². The van der Waals surface area contributed by atoms with Gasteiger partial charge < -0.3 is 5.11 Å². The molecule has 0 fully saturated rings. The second kappa shape index (κ2) is 4.20. The lowest BCUT2D eigenvalue weighted by Gasteiger charge is -2.04. The van der Waals surface area contributed by atoms with Gasteiger partial charge >= 0.3 is 5.97 Å². The Kier molecular flexibility index (Phi) is 2.88. The lowest BCUT2D eigenvalue weighted by Crippen LogP contribution is -2.07. The molecule has 0 atom stereocenters. The van der Waals surface area contributed by atoms with Gasteiger partial charge in [0, 0.05) is 5.69 Å². The molecule has 1 N–H and O–H groups in total. The Morgan fingerprint density at radius 3 is 2.71 bits per heavy atom. The minimum atomic E-state index is -0.909. The maximum absolute atomic E-state index is 11.3. The highest BCUT2D eigenvalue weighted by Crippen LogP contribution is 2.18. The summed E-state index contributed by atoms with van der Waals surface area (Å²) in [6.45, 7) is 5.92. The van der Waals surface area contributed by atoms with Crippen molar-refractivity contribution in [2.45, 2.75) is 33.6 Å². The Hall–Kier alpha value is -1.84. The molecule has 0 saturated heterocycles. The van der Waals surface area contributed by atoms with E-state index in [9.17, 15) is 9.90 Å². The molecule has 0 radical (unpaired) electrons. The summed E-state index contributed by atoms with van der Waals surface area (Å²) in [6, 6.07) is 3.88. The Morgan fingerprint density at radius 2 is 2.12 bits per heavy atom. The third-order valence-electron chi connectivity index (χ3n) is 2.81. The molecule has 2 aromatic rings. The van der Waals surface area contributed by atoms with Gasteiger partial charge in [-0.25, -0.2) is 9.78 Å². The Balaban J connectivity index is 2.80. The van der Waals surface area contributed by atoms with Crippen LogP contribution in [-0.2, 0) is 6.42 Å². The number of nitrogens with zero attached hydrogens (tertiary/aromatic N) is 2. The number of pyridine rings is 1. The van der Waals surface area contributed by atoms with E-state index in [2.05, 4.69) is 4.98 Å². The summed E-state index contributed by atoms with van der Waals surface area (Å²) in [5.74, 6) is -0.909. The standard InChI is InChI=1S/C13H16N2O2/c1-4-5-10-12(13(16)17)15-9(3)6-8(2)7-11(15)14-10/h6-7H,4-5H2,1-3H3,(H,16,17). The summed E-state index contributed by atoms with van der Waals surface area (Å²) in [5.41, 5.74) is 3.71. The molecule has 4 heteroatoms. The Morgan fingerprint density at radius 1 is 1.41 bits per heavy atom. The molecule has 0 unspecified atom stereocenters. The predicted molar refractivity (Wildman–Crippen MR) is 65.6 cm³/mol. The fraction of sp³-hybridized carbons (Fsp3) is 0.385. The van der Waals surface area contributed by atoms with Gasteiger partial charge in [0.25, 0.3) is 0 Å². The van der Waals surface area contributed by atoms with Crippen LogP contribution in [0.2, 0.25) is 0 Å². The van der Waals surface area contributed by atoms with Crippen LogP contribution in [0.25, 0.3) is 5.65 Å². The number of carboxylic acids is 1. The molecule has 0 aliphatic rings. The zero-order valence-electron chi connectivity index (χ0n) is 10.3. The van der Waals surface area contributed by atoms with E-state index in [-0.39, 0.29) is 0 Å². The number of carboxylic acid groups (broad SMARTS) is 1. The summed E-state index contributed by atoms with van der Waals surface area (Å²) in [5, 5.41) is 9.31. The Bertz CT molecular complexity index is 585. The van der Waals surface area contributed by atoms with E-state index < -0.39 is 5.97 Å². The number of aryl methyl sites for hydroxylation is 3. The summed E-state index contributed by atoms with van der Waals surface area (Å²) in [6.07, 6.45) is 1.59. The number of carbonyl (C=O) groups is 1. The average Bonchev–Trinajstić information content (AvgIpc) is 2.56. The van der Waals surface area contributed by atoms with Gasteiger partial charge in [0.15, 0.2) is 5.69 Å². The van der Waals surface area contributed by atoms with Crippen LogP contribution in [0.15, 0.2) is 12.1 Å². The van der Waals surface area contributed by atoms with Gasteiger partial charge in [0.2, 0.25) is 0 Å². The maximum Gasteiger partial charge on any atom is 0.354 e. The minimum absolute atomic E-state index is 0.305. The second-order valence-corrected chi connectivity index (χ2v) is 4.33. The van der Waals surface area contributed by atoms with E-state index in [4.69, 9.17) is 0 Å². The molecule has 0 bridgehead atoms. The van der Waals surface area contributed by atoms with Gasteiger partial charge in [0.05, 0.1) is 5.69 Å². The molecule has 4 nitrogen and oxygen atoms in total. The SMILES string of the molecule is CCCc1nc2cc(C)cc(C)n2c1C(=O)O. The quantitative estimate of drug-likeness (QED) is 0.885. The monoisotopic (exact) mass is 232 g/mol. The fourth-order valence-corrected chi connectivity index (χ4v) is 2.21. The minimum Gasteiger partial charge on any atom is -0.477 e. The van der Waals surface area contributed by atoms with Crippen molar-refractivity contribution in [2.75, 3.05) is 0 Å². The number of hydrogen-bond acceptors (Lipinski definition) is 2. The first-order valence-electron chi connectivity index (χ1n) is 5.76. The van der Waals surface area contributed by atoms with E-state index in [1.807, 2.05) is 32.9 Å². The number of aromatic nitrogens is 2. The maximum atomic E-state index is 11.3. The number of fused-ring (bicyclic) bond motifs is 1. The lowest BCUT2D eigenvalue weighted by atomic mass is 10.2. The summed E-state index contributed by atoms with van der Waals surface area (Å²) in [7, 11) is 0. The molecule has 90 valence electrons. The summed E-state index contributed by atoms with van der Waals surface area (Å²) >= 11 is 0. The van der Waals surface area contributed by atoms with E-state index in [0.29, 0.717) is 17.8 Å². The van der Waals surface area contributed by atoms with Gasteiger partial charge in [-0.05, 0) is 38.0 Å². The smallest absolute Gasteiger partial charge is 0.354 e. The molecular weight excluding hydrogens is 216 g/mol. The number of rotatable bonds is 3. The van der Waals surface area contributed by atoms with Crippen molar-refractivity contribution in [2.24, 2.45) is 0 Å². The summed E-state index contributed by atoms with van der Waals surface area (Å²) in [4.78, 5) is 15.8. The van der Waals surface area contributed by atoms with E-state index in [1.54, 1.807) is 4.40 Å². The molecule has 17 heavy (non-hydrogen) atoms. The molecule has 0 spiro atoms. The van der Waals surface area contributed by atoms with Crippen LogP contribution in [0, 0.1) is 13.8 Å². The van der Waals surface area contributed by atoms with Crippen molar-refractivity contribution >= 4 is 11.6 Å². The molecule has 0 aliphatic carbocycles. The van der Waals surface area contributed by atoms with Crippen molar-refractivity contribution in [1.29, 1.82) is 0 Å². The molecule has 0 aliphatic heterocycles. The zero-order valence-corrected chi connectivity index (χ0v) is 10.3. The van der Waals surface area contributed by atoms with Crippen LogP contribution < -0.4 is 0 Å². The molecule has 2 heterocycles. The topological polar surface area (TPSA) is 54.6 Å². The van der Waals surface area contributed by atoms with Gasteiger partial charge in [-0.1, -0.05) is 13.3 Å². The van der Waals surface area contributed by atoms with Crippen molar-refractivity contribution in [3.63, 3.8) is 0 Å². The third kappa shape index (κ3) is 1.90. The first-order chi connectivity index (χ1) is 8.04. The van der Waals surface area contributed by atoms with Crippen LogP contribution in [0.3, 0.4) is 0 Å². The predicted octanol–water partition coefficient (Wildman–Crippen LogP) is 2.60. The first kappa shape index (κ1) is 11.6. The van der Waals surface area contributed by atoms with Crippen molar-refractivity contribution < 1.29 is 9.90 Å². The van der Waals surface area contributed by atoms with Crippen LogP contribution in [0.1, 0.15) is 40.8 Å². The first-order valence-corrected chi connectivity index (χ1v) is 5.76. The largest absolute Gasteiger partial charge is 0.477 e. The van der Waals surface area contributed by atoms with Crippen LogP contribution >= 0.6 is 0 Å². The van der Waals surface area contributed by atoms with Crippen LogP contribution in [0.4, 0.5) is 0 Å². The van der Waals surface area contributed by atoms with Crippen molar-refractivity contribution in [1.82, 2.24) is 9.38 Å². The Labute approximate surface area is 99.9 Å². The number of imidazole rings is 1. The highest BCUT2D eigenvalue weighted by molar-refractivity contribution is 5.88. The van der Waals surface area contributed by atoms with Crippen LogP contribution in [0.5, 0.6) is 0 Å². The van der Waals surface area contributed by atoms with Gasteiger partial charge in [-0.2, -0.15) is 0 Å². The second-order valence-electron chi connectivity index (χ2n) is 4.33. The molecule has 2 aromatic heterocycles. The highest BCUT2D eigenvalue weighted by Gasteiger charge is 2.19. The molecule has 0 amide bonds. The summed E-state index contributed by atoms with van der Waals surface area (Å²) < 4.78 is 1.72. The van der Waals surface area contributed by atoms with Crippen molar-refractivity contribution in [3.8, 4) is 0 Å². The molecular formula is C13H16N2O2. The lowest BCUT2D eigenvalue weighted by molar-refractivity contribution is 0.0687. The molecule has 0 saturated carbocycles. The third-order valence-corrected chi connectivity index (χ3v) is 2.81. The van der Waals surface area contributed by atoms with E-state index in [0.717, 1.165) is 23.3 Å². The normalized spacial score (nSPS) is 11.0. The number of hydrogen-bond donors (Lipinski definition) is 1. The van der Waals surface area contributed by atoms with Crippen LogP contribution in [-0.4, -0.2) is 20.5 Å².